The molecule has 0 saturated carbocycles. The van der Waals surface area contributed by atoms with E-state index in [0.717, 1.165) is 6.07 Å². The molecule has 2 aromatic rings. The van der Waals surface area contributed by atoms with E-state index in [9.17, 15) is 12.8 Å². The third kappa shape index (κ3) is 3.20. The zero-order chi connectivity index (χ0) is 15.6. The first-order valence-electron chi connectivity index (χ1n) is 6.18. The molecule has 0 atom stereocenters. The van der Waals surface area contributed by atoms with Crippen LogP contribution in [0.2, 0.25) is 0 Å². The summed E-state index contributed by atoms with van der Waals surface area (Å²) in [5.41, 5.74) is 1.22. The standard InChI is InChI=1S/C14H15FN2O3S/c1-9-3-4-16-7-13(9)17-21(19,20)14-6-11(8-18)5-12(15)10(14)2/h3-7,17-18H,8H2,1-2H3. The average Bonchev–Trinajstić information content (AvgIpc) is 2.43. The number of aryl methyl sites for hydroxylation is 1. The Bertz CT molecular complexity index is 776. The van der Waals surface area contributed by atoms with Crippen molar-refractivity contribution in [2.45, 2.75) is 25.3 Å². The second-order valence-electron chi connectivity index (χ2n) is 4.65. The fourth-order valence-corrected chi connectivity index (χ4v) is 3.27. The van der Waals surface area contributed by atoms with Gasteiger partial charge in [-0.2, -0.15) is 0 Å². The number of anilines is 1. The monoisotopic (exact) mass is 310 g/mol. The molecule has 2 N–H and O–H groups in total. The summed E-state index contributed by atoms with van der Waals surface area (Å²) >= 11 is 0. The first-order valence-corrected chi connectivity index (χ1v) is 7.67. The number of nitrogens with one attached hydrogen (secondary N) is 1. The van der Waals surface area contributed by atoms with Crippen molar-refractivity contribution in [3.05, 3.63) is 53.1 Å². The summed E-state index contributed by atoms with van der Waals surface area (Å²) in [5.74, 6) is -0.676. The molecule has 0 aliphatic carbocycles. The maximum Gasteiger partial charge on any atom is 0.262 e. The lowest BCUT2D eigenvalue weighted by Gasteiger charge is -2.13. The van der Waals surface area contributed by atoms with Gasteiger partial charge in [0.1, 0.15) is 5.82 Å². The van der Waals surface area contributed by atoms with Crippen molar-refractivity contribution in [1.29, 1.82) is 0 Å². The van der Waals surface area contributed by atoms with Crippen LogP contribution >= 0.6 is 0 Å². The molecule has 2 rings (SSSR count). The fraction of sp³-hybridized carbons (Fsp3) is 0.214. The smallest absolute Gasteiger partial charge is 0.262 e. The van der Waals surface area contributed by atoms with E-state index in [2.05, 4.69) is 9.71 Å². The molecule has 0 aliphatic heterocycles. The third-order valence-corrected chi connectivity index (χ3v) is 4.60. The quantitative estimate of drug-likeness (QED) is 0.906. The van der Waals surface area contributed by atoms with Gasteiger partial charge in [-0.05, 0) is 43.2 Å². The lowest BCUT2D eigenvalue weighted by Crippen LogP contribution is -2.16. The van der Waals surface area contributed by atoms with Crippen LogP contribution in [-0.4, -0.2) is 18.5 Å². The molecule has 0 amide bonds. The Kier molecular flexibility index (Phi) is 4.24. The number of aromatic nitrogens is 1. The average molecular weight is 310 g/mol. The number of halogens is 1. The largest absolute Gasteiger partial charge is 0.392 e. The normalized spacial score (nSPS) is 11.4. The SMILES string of the molecule is Cc1ccncc1NS(=O)(=O)c1cc(CO)cc(F)c1C. The first-order chi connectivity index (χ1) is 9.85. The summed E-state index contributed by atoms with van der Waals surface area (Å²) < 4.78 is 41.0. The second kappa shape index (κ2) is 5.79. The molecule has 5 nitrogen and oxygen atoms in total. The van der Waals surface area contributed by atoms with Crippen molar-refractivity contribution in [1.82, 2.24) is 4.98 Å². The molecule has 0 fully saturated rings. The van der Waals surface area contributed by atoms with Gasteiger partial charge in [0, 0.05) is 11.8 Å². The molecule has 112 valence electrons. The molecule has 1 heterocycles. The van der Waals surface area contributed by atoms with Gasteiger partial charge in [0.2, 0.25) is 0 Å². The first kappa shape index (κ1) is 15.4. The minimum absolute atomic E-state index is 0.00115. The highest BCUT2D eigenvalue weighted by Crippen LogP contribution is 2.24. The highest BCUT2D eigenvalue weighted by molar-refractivity contribution is 7.92. The van der Waals surface area contributed by atoms with E-state index in [1.54, 1.807) is 19.2 Å². The minimum atomic E-state index is -3.96. The Balaban J connectivity index is 2.50. The Labute approximate surface area is 122 Å². The zero-order valence-electron chi connectivity index (χ0n) is 11.6. The number of sulfonamides is 1. The molecule has 0 spiro atoms. The number of hydrogen-bond donors (Lipinski definition) is 2. The topological polar surface area (TPSA) is 79.3 Å². The molecular formula is C14H15FN2O3S. The van der Waals surface area contributed by atoms with E-state index in [4.69, 9.17) is 5.11 Å². The van der Waals surface area contributed by atoms with Gasteiger partial charge in [-0.3, -0.25) is 9.71 Å². The number of hydrogen-bond acceptors (Lipinski definition) is 4. The van der Waals surface area contributed by atoms with Gasteiger partial charge in [0.25, 0.3) is 10.0 Å². The maximum atomic E-state index is 13.8. The molecule has 21 heavy (non-hydrogen) atoms. The van der Waals surface area contributed by atoms with Crippen molar-refractivity contribution >= 4 is 15.7 Å². The van der Waals surface area contributed by atoms with Crippen LogP contribution in [0.1, 0.15) is 16.7 Å². The summed E-state index contributed by atoms with van der Waals surface area (Å²) in [6, 6.07) is 4.03. The van der Waals surface area contributed by atoms with Gasteiger partial charge < -0.3 is 5.11 Å². The van der Waals surface area contributed by atoms with Gasteiger partial charge in [0.05, 0.1) is 23.4 Å². The Morgan fingerprint density at radius 2 is 2.05 bits per heavy atom. The van der Waals surface area contributed by atoms with Crippen molar-refractivity contribution in [2.75, 3.05) is 4.72 Å². The van der Waals surface area contributed by atoms with Gasteiger partial charge in [0.15, 0.2) is 0 Å². The summed E-state index contributed by atoms with van der Waals surface area (Å²) in [5, 5.41) is 9.09. The lowest BCUT2D eigenvalue weighted by molar-refractivity contribution is 0.281. The number of aliphatic hydroxyl groups is 1. The van der Waals surface area contributed by atoms with Crippen molar-refractivity contribution in [3.8, 4) is 0 Å². The highest BCUT2D eigenvalue weighted by atomic mass is 32.2. The predicted octanol–water partition coefficient (Wildman–Crippen LogP) is 2.13. The van der Waals surface area contributed by atoms with Crippen LogP contribution in [0.15, 0.2) is 35.5 Å². The van der Waals surface area contributed by atoms with Crippen LogP contribution in [0, 0.1) is 19.7 Å². The molecular weight excluding hydrogens is 295 g/mol. The van der Waals surface area contributed by atoms with Gasteiger partial charge in [-0.25, -0.2) is 12.8 Å². The van der Waals surface area contributed by atoms with Crippen LogP contribution in [0.5, 0.6) is 0 Å². The second-order valence-corrected chi connectivity index (χ2v) is 6.31. The molecule has 0 bridgehead atoms. The van der Waals surface area contributed by atoms with E-state index < -0.39 is 22.4 Å². The van der Waals surface area contributed by atoms with Crippen LogP contribution in [0.25, 0.3) is 0 Å². The zero-order valence-corrected chi connectivity index (χ0v) is 12.4. The molecule has 0 radical (unpaired) electrons. The van der Waals surface area contributed by atoms with E-state index in [1.165, 1.54) is 19.2 Å². The van der Waals surface area contributed by atoms with Gasteiger partial charge in [-0.15, -0.1) is 0 Å². The minimum Gasteiger partial charge on any atom is -0.392 e. The Hall–Kier alpha value is -1.99. The predicted molar refractivity (Wildman–Crippen MR) is 76.8 cm³/mol. The Morgan fingerprint density at radius 1 is 1.33 bits per heavy atom. The summed E-state index contributed by atoms with van der Waals surface area (Å²) in [6.07, 6.45) is 2.93. The number of aliphatic hydroxyl groups excluding tert-OH is 1. The molecule has 1 aromatic carbocycles. The third-order valence-electron chi connectivity index (χ3n) is 3.11. The molecule has 0 aliphatic rings. The molecule has 0 unspecified atom stereocenters. The van der Waals surface area contributed by atoms with Crippen LogP contribution in [0.3, 0.4) is 0 Å². The molecule has 1 aromatic heterocycles. The molecule has 7 heteroatoms. The van der Waals surface area contributed by atoms with Crippen molar-refractivity contribution in [3.63, 3.8) is 0 Å². The summed E-state index contributed by atoms with van der Waals surface area (Å²) in [7, 11) is -3.96. The van der Waals surface area contributed by atoms with Gasteiger partial charge in [-0.1, -0.05) is 0 Å². The number of rotatable bonds is 4. The number of benzene rings is 1. The summed E-state index contributed by atoms with van der Waals surface area (Å²) in [6.45, 7) is 2.67. The number of pyridine rings is 1. The molecule has 0 saturated heterocycles. The van der Waals surface area contributed by atoms with Crippen LogP contribution < -0.4 is 4.72 Å². The van der Waals surface area contributed by atoms with Crippen LogP contribution in [-0.2, 0) is 16.6 Å². The number of nitrogens with zero attached hydrogens (tertiary/aromatic N) is 1. The van der Waals surface area contributed by atoms with E-state index in [-0.39, 0.29) is 16.0 Å². The van der Waals surface area contributed by atoms with E-state index >= 15 is 0 Å². The lowest BCUT2D eigenvalue weighted by atomic mass is 10.1. The summed E-state index contributed by atoms with van der Waals surface area (Å²) in [4.78, 5) is 3.66. The fourth-order valence-electron chi connectivity index (χ4n) is 1.85. The van der Waals surface area contributed by atoms with Crippen molar-refractivity contribution in [2.24, 2.45) is 0 Å². The highest BCUT2D eigenvalue weighted by Gasteiger charge is 2.21. The Morgan fingerprint density at radius 3 is 2.67 bits per heavy atom. The van der Waals surface area contributed by atoms with Crippen molar-refractivity contribution < 1.29 is 17.9 Å². The van der Waals surface area contributed by atoms with Gasteiger partial charge >= 0.3 is 0 Å². The van der Waals surface area contributed by atoms with E-state index in [1.807, 2.05) is 0 Å². The van der Waals surface area contributed by atoms with E-state index in [0.29, 0.717) is 11.3 Å². The maximum absolute atomic E-state index is 13.8. The van der Waals surface area contributed by atoms with Crippen LogP contribution in [0.4, 0.5) is 10.1 Å².